The van der Waals surface area contributed by atoms with E-state index in [0.717, 1.165) is 11.1 Å². The molecule has 0 bridgehead atoms. The molecule has 0 radical (unpaired) electrons. The van der Waals surface area contributed by atoms with Crippen molar-refractivity contribution in [2.45, 2.75) is 13.0 Å². The highest BCUT2D eigenvalue weighted by Crippen LogP contribution is 2.24. The Morgan fingerprint density at radius 2 is 2.13 bits per heavy atom. The first kappa shape index (κ1) is 10.3. The molecular formula is C12H12FNS. The lowest BCUT2D eigenvalue weighted by Crippen LogP contribution is -2.12. The van der Waals surface area contributed by atoms with Gasteiger partial charge in [-0.3, -0.25) is 0 Å². The molecule has 1 aromatic heterocycles. The topological polar surface area (TPSA) is 26.0 Å². The lowest BCUT2D eigenvalue weighted by atomic mass is 10.00. The molecule has 2 aromatic rings. The van der Waals surface area contributed by atoms with Crippen LogP contribution < -0.4 is 5.73 Å². The van der Waals surface area contributed by atoms with Crippen molar-refractivity contribution in [1.29, 1.82) is 0 Å². The van der Waals surface area contributed by atoms with Crippen LogP contribution in [0.5, 0.6) is 0 Å². The summed E-state index contributed by atoms with van der Waals surface area (Å²) in [4.78, 5) is 0. The van der Waals surface area contributed by atoms with Crippen LogP contribution in [-0.4, -0.2) is 0 Å². The molecule has 0 aliphatic rings. The fourth-order valence-corrected chi connectivity index (χ4v) is 2.23. The molecule has 0 saturated carbocycles. The van der Waals surface area contributed by atoms with Gasteiger partial charge in [-0.25, -0.2) is 4.39 Å². The van der Waals surface area contributed by atoms with E-state index in [-0.39, 0.29) is 11.9 Å². The van der Waals surface area contributed by atoms with Gasteiger partial charge in [-0.05, 0) is 35.4 Å². The van der Waals surface area contributed by atoms with E-state index in [1.165, 1.54) is 6.07 Å². The summed E-state index contributed by atoms with van der Waals surface area (Å²) in [6.07, 6.45) is 0. The Hall–Kier alpha value is -1.19. The molecule has 0 unspecified atom stereocenters. The van der Waals surface area contributed by atoms with Gasteiger partial charge in [-0.15, -0.1) is 0 Å². The first-order chi connectivity index (χ1) is 7.18. The molecular weight excluding hydrogens is 209 g/mol. The minimum absolute atomic E-state index is 0.237. The van der Waals surface area contributed by atoms with Crippen LogP contribution in [0, 0.1) is 12.7 Å². The Morgan fingerprint density at radius 1 is 1.33 bits per heavy atom. The minimum atomic E-state index is -0.365. The third-order valence-electron chi connectivity index (χ3n) is 2.39. The number of thiophene rings is 1. The molecule has 0 amide bonds. The molecule has 3 heteroatoms. The standard InChI is InChI=1S/C12H12FNS/c1-8-2-3-11(13)10(6-8)12(14)9-4-5-15-7-9/h2-7,12H,14H2,1H3/t12-/m0/s1. The van der Waals surface area contributed by atoms with Crippen molar-refractivity contribution in [3.8, 4) is 0 Å². The van der Waals surface area contributed by atoms with E-state index < -0.39 is 0 Å². The average molecular weight is 221 g/mol. The number of hydrogen-bond acceptors (Lipinski definition) is 2. The quantitative estimate of drug-likeness (QED) is 0.827. The van der Waals surface area contributed by atoms with Crippen LogP contribution in [0.2, 0.25) is 0 Å². The number of benzene rings is 1. The van der Waals surface area contributed by atoms with Crippen LogP contribution in [0.3, 0.4) is 0 Å². The lowest BCUT2D eigenvalue weighted by molar-refractivity contribution is 0.599. The summed E-state index contributed by atoms with van der Waals surface area (Å²) >= 11 is 1.57. The predicted molar refractivity (Wildman–Crippen MR) is 61.5 cm³/mol. The number of halogens is 1. The summed E-state index contributed by atoms with van der Waals surface area (Å²) in [5.74, 6) is -0.237. The molecule has 1 nitrogen and oxygen atoms in total. The largest absolute Gasteiger partial charge is 0.320 e. The molecule has 1 atom stereocenters. The zero-order valence-electron chi connectivity index (χ0n) is 8.41. The van der Waals surface area contributed by atoms with Gasteiger partial charge in [-0.1, -0.05) is 17.7 Å². The Balaban J connectivity index is 2.41. The molecule has 15 heavy (non-hydrogen) atoms. The van der Waals surface area contributed by atoms with Crippen LogP contribution >= 0.6 is 11.3 Å². The maximum atomic E-state index is 13.5. The normalized spacial score (nSPS) is 12.7. The molecule has 0 spiro atoms. The maximum Gasteiger partial charge on any atom is 0.128 e. The number of nitrogens with two attached hydrogens (primary N) is 1. The first-order valence-corrected chi connectivity index (χ1v) is 5.66. The Morgan fingerprint density at radius 3 is 2.80 bits per heavy atom. The molecule has 78 valence electrons. The van der Waals surface area contributed by atoms with E-state index in [1.54, 1.807) is 23.5 Å². The molecule has 2 rings (SSSR count). The molecule has 2 N–H and O–H groups in total. The van der Waals surface area contributed by atoms with Crippen molar-refractivity contribution >= 4 is 11.3 Å². The summed E-state index contributed by atoms with van der Waals surface area (Å²) < 4.78 is 13.5. The average Bonchev–Trinajstić information content (AvgIpc) is 2.74. The summed E-state index contributed by atoms with van der Waals surface area (Å²) in [5, 5.41) is 3.90. The van der Waals surface area contributed by atoms with Gasteiger partial charge < -0.3 is 5.73 Å². The predicted octanol–water partition coefficient (Wildman–Crippen LogP) is 3.24. The second kappa shape index (κ2) is 4.13. The van der Waals surface area contributed by atoms with Crippen molar-refractivity contribution in [2.75, 3.05) is 0 Å². The van der Waals surface area contributed by atoms with E-state index in [9.17, 15) is 4.39 Å². The molecule has 0 fully saturated rings. The van der Waals surface area contributed by atoms with Crippen LogP contribution in [0.15, 0.2) is 35.0 Å². The summed E-state index contributed by atoms with van der Waals surface area (Å²) in [5.41, 5.74) is 8.55. The van der Waals surface area contributed by atoms with E-state index in [1.807, 2.05) is 23.8 Å². The smallest absolute Gasteiger partial charge is 0.128 e. The van der Waals surface area contributed by atoms with Crippen LogP contribution in [-0.2, 0) is 0 Å². The van der Waals surface area contributed by atoms with Gasteiger partial charge in [0, 0.05) is 5.56 Å². The molecule has 0 aliphatic carbocycles. The van der Waals surface area contributed by atoms with Crippen LogP contribution in [0.25, 0.3) is 0 Å². The number of rotatable bonds is 2. The van der Waals surface area contributed by atoms with Crippen molar-refractivity contribution in [1.82, 2.24) is 0 Å². The monoisotopic (exact) mass is 221 g/mol. The van der Waals surface area contributed by atoms with Gasteiger partial charge >= 0.3 is 0 Å². The SMILES string of the molecule is Cc1ccc(F)c([C@@H](N)c2ccsc2)c1. The third kappa shape index (κ3) is 2.08. The van der Waals surface area contributed by atoms with Crippen LogP contribution in [0.4, 0.5) is 4.39 Å². The van der Waals surface area contributed by atoms with Gasteiger partial charge in [0.05, 0.1) is 6.04 Å². The fraction of sp³-hybridized carbons (Fsp3) is 0.167. The molecule has 1 aromatic carbocycles. The van der Waals surface area contributed by atoms with Crippen molar-refractivity contribution in [3.05, 3.63) is 57.5 Å². The Bertz CT molecular complexity index is 451. The van der Waals surface area contributed by atoms with E-state index in [0.29, 0.717) is 5.56 Å². The van der Waals surface area contributed by atoms with E-state index >= 15 is 0 Å². The second-order valence-corrected chi connectivity index (χ2v) is 4.34. The van der Waals surface area contributed by atoms with Crippen molar-refractivity contribution < 1.29 is 4.39 Å². The minimum Gasteiger partial charge on any atom is -0.320 e. The van der Waals surface area contributed by atoms with Gasteiger partial charge in [0.15, 0.2) is 0 Å². The van der Waals surface area contributed by atoms with Crippen molar-refractivity contribution in [3.63, 3.8) is 0 Å². The highest BCUT2D eigenvalue weighted by atomic mass is 32.1. The Kier molecular flexibility index (Phi) is 2.84. The zero-order chi connectivity index (χ0) is 10.8. The fourth-order valence-electron chi connectivity index (χ4n) is 1.53. The molecule has 0 saturated heterocycles. The van der Waals surface area contributed by atoms with Gasteiger partial charge in [0.1, 0.15) is 5.82 Å². The van der Waals surface area contributed by atoms with E-state index in [4.69, 9.17) is 5.73 Å². The maximum absolute atomic E-state index is 13.5. The van der Waals surface area contributed by atoms with Gasteiger partial charge in [0.2, 0.25) is 0 Å². The molecule has 1 heterocycles. The van der Waals surface area contributed by atoms with Gasteiger partial charge in [-0.2, -0.15) is 11.3 Å². The number of aryl methyl sites for hydroxylation is 1. The van der Waals surface area contributed by atoms with E-state index in [2.05, 4.69) is 0 Å². The second-order valence-electron chi connectivity index (χ2n) is 3.56. The highest BCUT2D eigenvalue weighted by molar-refractivity contribution is 7.08. The van der Waals surface area contributed by atoms with Crippen molar-refractivity contribution in [2.24, 2.45) is 5.73 Å². The zero-order valence-corrected chi connectivity index (χ0v) is 9.22. The van der Waals surface area contributed by atoms with Crippen LogP contribution in [0.1, 0.15) is 22.7 Å². The Labute approximate surface area is 92.4 Å². The number of hydrogen-bond donors (Lipinski definition) is 1. The third-order valence-corrected chi connectivity index (χ3v) is 3.09. The summed E-state index contributed by atoms with van der Waals surface area (Å²) in [6.45, 7) is 1.93. The highest BCUT2D eigenvalue weighted by Gasteiger charge is 2.13. The summed E-state index contributed by atoms with van der Waals surface area (Å²) in [7, 11) is 0. The van der Waals surface area contributed by atoms with Gasteiger partial charge in [0.25, 0.3) is 0 Å². The summed E-state index contributed by atoms with van der Waals surface area (Å²) in [6, 6.07) is 6.58. The first-order valence-electron chi connectivity index (χ1n) is 4.72. The molecule has 0 aliphatic heterocycles. The lowest BCUT2D eigenvalue weighted by Gasteiger charge is -2.12.